The van der Waals surface area contributed by atoms with Crippen molar-refractivity contribution < 1.29 is 14.7 Å². The van der Waals surface area contributed by atoms with Crippen LogP contribution in [0.15, 0.2) is 0 Å². The number of rotatable bonds is 1. The number of carbonyl (C=O) groups excluding carboxylic acids is 1. The second-order valence-electron chi connectivity index (χ2n) is 4.41. The fraction of sp³-hybridized carbons (Fsp3) is 0.800. The van der Waals surface area contributed by atoms with Gasteiger partial charge in [0.15, 0.2) is 0 Å². The van der Waals surface area contributed by atoms with E-state index in [-0.39, 0.29) is 11.9 Å². The Labute approximate surface area is 88.6 Å². The third kappa shape index (κ3) is 1.78. The van der Waals surface area contributed by atoms with Crippen LogP contribution in [0.2, 0.25) is 0 Å². The van der Waals surface area contributed by atoms with Crippen molar-refractivity contribution in [3.05, 3.63) is 0 Å². The van der Waals surface area contributed by atoms with Gasteiger partial charge in [-0.2, -0.15) is 0 Å². The highest BCUT2D eigenvalue weighted by atomic mass is 16.4. The second-order valence-corrected chi connectivity index (χ2v) is 4.41. The average Bonchev–Trinajstić information content (AvgIpc) is 2.47. The molecule has 0 aromatic heterocycles. The molecule has 2 aliphatic rings. The second kappa shape index (κ2) is 3.72. The predicted octanol–water partition coefficient (Wildman–Crippen LogP) is 0.607. The van der Waals surface area contributed by atoms with Gasteiger partial charge in [-0.1, -0.05) is 0 Å². The first-order valence-corrected chi connectivity index (χ1v) is 5.38. The third-order valence-corrected chi connectivity index (χ3v) is 3.30. The van der Waals surface area contributed by atoms with Crippen molar-refractivity contribution in [3.63, 3.8) is 0 Å². The number of carboxylic acid groups (broad SMARTS) is 1. The maximum atomic E-state index is 11.9. The van der Waals surface area contributed by atoms with E-state index >= 15 is 0 Å². The molecule has 1 unspecified atom stereocenters. The van der Waals surface area contributed by atoms with E-state index in [1.165, 1.54) is 0 Å². The highest BCUT2D eigenvalue weighted by Crippen LogP contribution is 2.23. The standard InChI is InChI=1S/C10H16N2O3/c1-7-3-2-4-12(7)10(15)11-5-8(6-11)9(13)14/h7-8H,2-6H2,1H3,(H,13,14). The van der Waals surface area contributed by atoms with Gasteiger partial charge in [0.05, 0.1) is 5.92 Å². The Morgan fingerprint density at radius 1 is 1.33 bits per heavy atom. The number of hydrogen-bond acceptors (Lipinski definition) is 2. The fourth-order valence-corrected chi connectivity index (χ4v) is 2.19. The molecule has 0 aromatic rings. The lowest BCUT2D eigenvalue weighted by Gasteiger charge is -2.40. The van der Waals surface area contributed by atoms with Crippen molar-refractivity contribution in [2.45, 2.75) is 25.8 Å². The smallest absolute Gasteiger partial charge is 0.320 e. The SMILES string of the molecule is CC1CCCN1C(=O)N1CC(C(=O)O)C1. The Hall–Kier alpha value is -1.26. The normalized spacial score (nSPS) is 26.6. The molecular weight excluding hydrogens is 196 g/mol. The van der Waals surface area contributed by atoms with Crippen molar-refractivity contribution in [1.29, 1.82) is 0 Å². The monoisotopic (exact) mass is 212 g/mol. The molecule has 1 atom stereocenters. The lowest BCUT2D eigenvalue weighted by molar-refractivity contribution is -0.146. The van der Waals surface area contributed by atoms with Gasteiger partial charge in [-0.15, -0.1) is 0 Å². The first-order valence-electron chi connectivity index (χ1n) is 5.38. The van der Waals surface area contributed by atoms with Crippen molar-refractivity contribution in [2.24, 2.45) is 5.92 Å². The van der Waals surface area contributed by atoms with E-state index < -0.39 is 5.97 Å². The Bertz CT molecular complexity index is 286. The summed E-state index contributed by atoms with van der Waals surface area (Å²) in [4.78, 5) is 25.9. The van der Waals surface area contributed by atoms with Crippen LogP contribution in [0.4, 0.5) is 4.79 Å². The fourth-order valence-electron chi connectivity index (χ4n) is 2.19. The summed E-state index contributed by atoms with van der Waals surface area (Å²) in [6.07, 6.45) is 2.12. The van der Waals surface area contributed by atoms with Gasteiger partial charge in [-0.25, -0.2) is 4.79 Å². The van der Waals surface area contributed by atoms with E-state index in [0.29, 0.717) is 19.1 Å². The molecule has 2 heterocycles. The molecule has 2 saturated heterocycles. The van der Waals surface area contributed by atoms with E-state index in [2.05, 4.69) is 0 Å². The molecule has 2 rings (SSSR count). The molecular formula is C10H16N2O3. The Balaban J connectivity index is 1.86. The molecule has 0 saturated carbocycles. The number of nitrogens with zero attached hydrogens (tertiary/aromatic N) is 2. The van der Waals surface area contributed by atoms with Crippen molar-refractivity contribution in [3.8, 4) is 0 Å². The van der Waals surface area contributed by atoms with E-state index in [1.807, 2.05) is 11.8 Å². The summed E-state index contributed by atoms with van der Waals surface area (Å²) in [6.45, 7) is 3.60. The number of carbonyl (C=O) groups is 2. The van der Waals surface area contributed by atoms with Gasteiger partial charge >= 0.3 is 12.0 Å². The number of hydrogen-bond donors (Lipinski definition) is 1. The van der Waals surface area contributed by atoms with Crippen LogP contribution in [0.5, 0.6) is 0 Å². The predicted molar refractivity (Wildman–Crippen MR) is 53.5 cm³/mol. The molecule has 5 nitrogen and oxygen atoms in total. The van der Waals surface area contributed by atoms with Gasteiger partial charge < -0.3 is 14.9 Å². The molecule has 84 valence electrons. The van der Waals surface area contributed by atoms with Gasteiger partial charge in [0.1, 0.15) is 0 Å². The molecule has 0 spiro atoms. The molecule has 5 heteroatoms. The highest BCUT2D eigenvalue weighted by molar-refractivity contribution is 5.80. The largest absolute Gasteiger partial charge is 0.481 e. The molecule has 2 amide bonds. The third-order valence-electron chi connectivity index (χ3n) is 3.30. The van der Waals surface area contributed by atoms with Crippen LogP contribution in [0.25, 0.3) is 0 Å². The summed E-state index contributed by atoms with van der Waals surface area (Å²) in [5.74, 6) is -1.15. The molecule has 2 fully saturated rings. The van der Waals surface area contributed by atoms with Crippen LogP contribution >= 0.6 is 0 Å². The minimum atomic E-state index is -0.798. The zero-order chi connectivity index (χ0) is 11.0. The molecule has 0 aliphatic carbocycles. The van der Waals surface area contributed by atoms with Crippen LogP contribution < -0.4 is 0 Å². The molecule has 15 heavy (non-hydrogen) atoms. The number of aliphatic carboxylic acids is 1. The quantitative estimate of drug-likeness (QED) is 0.692. The van der Waals surface area contributed by atoms with Crippen LogP contribution in [0, 0.1) is 5.92 Å². The zero-order valence-corrected chi connectivity index (χ0v) is 8.85. The van der Waals surface area contributed by atoms with Crippen LogP contribution in [-0.4, -0.2) is 52.6 Å². The van der Waals surface area contributed by atoms with Crippen molar-refractivity contribution >= 4 is 12.0 Å². The zero-order valence-electron chi connectivity index (χ0n) is 8.85. The summed E-state index contributed by atoms with van der Waals surface area (Å²) in [7, 11) is 0. The Morgan fingerprint density at radius 2 is 2.00 bits per heavy atom. The minimum Gasteiger partial charge on any atom is -0.481 e. The Kier molecular flexibility index (Phi) is 2.54. The molecule has 0 radical (unpaired) electrons. The summed E-state index contributed by atoms with van der Waals surface area (Å²) >= 11 is 0. The van der Waals surface area contributed by atoms with E-state index in [4.69, 9.17) is 5.11 Å². The maximum Gasteiger partial charge on any atom is 0.320 e. The molecule has 1 N–H and O–H groups in total. The van der Waals surface area contributed by atoms with Gasteiger partial charge in [-0.3, -0.25) is 4.79 Å². The van der Waals surface area contributed by atoms with Crippen LogP contribution in [0.3, 0.4) is 0 Å². The van der Waals surface area contributed by atoms with Gasteiger partial charge in [-0.05, 0) is 19.8 Å². The highest BCUT2D eigenvalue weighted by Gasteiger charge is 2.39. The number of likely N-dealkylation sites (tertiary alicyclic amines) is 2. The minimum absolute atomic E-state index is 0.0116. The lowest BCUT2D eigenvalue weighted by Crippen LogP contribution is -2.57. The summed E-state index contributed by atoms with van der Waals surface area (Å²) in [6, 6.07) is 0.318. The summed E-state index contributed by atoms with van der Waals surface area (Å²) < 4.78 is 0. The molecule has 0 aromatic carbocycles. The lowest BCUT2D eigenvalue weighted by atomic mass is 10.0. The number of carboxylic acids is 1. The van der Waals surface area contributed by atoms with Crippen LogP contribution in [-0.2, 0) is 4.79 Å². The van der Waals surface area contributed by atoms with E-state index in [0.717, 1.165) is 19.4 Å². The van der Waals surface area contributed by atoms with E-state index in [1.54, 1.807) is 4.90 Å². The van der Waals surface area contributed by atoms with Gasteiger partial charge in [0.2, 0.25) is 0 Å². The average molecular weight is 212 g/mol. The molecule has 2 aliphatic heterocycles. The summed E-state index contributed by atoms with van der Waals surface area (Å²) in [5.41, 5.74) is 0. The topological polar surface area (TPSA) is 60.9 Å². The van der Waals surface area contributed by atoms with Crippen molar-refractivity contribution in [2.75, 3.05) is 19.6 Å². The first-order chi connectivity index (χ1) is 7.09. The first kappa shape index (κ1) is 10.3. The Morgan fingerprint density at radius 3 is 2.47 bits per heavy atom. The van der Waals surface area contributed by atoms with Crippen molar-refractivity contribution in [1.82, 2.24) is 9.80 Å². The van der Waals surface area contributed by atoms with Gasteiger partial charge in [0.25, 0.3) is 0 Å². The summed E-state index contributed by atoms with van der Waals surface area (Å²) in [5, 5.41) is 8.70. The maximum absolute atomic E-state index is 11.9. The molecule has 0 bridgehead atoms. The van der Waals surface area contributed by atoms with Gasteiger partial charge in [0, 0.05) is 25.7 Å². The number of amides is 2. The number of urea groups is 1. The van der Waals surface area contributed by atoms with E-state index in [9.17, 15) is 9.59 Å². The van der Waals surface area contributed by atoms with Crippen LogP contribution in [0.1, 0.15) is 19.8 Å².